The lowest BCUT2D eigenvalue weighted by molar-refractivity contribution is -0.109. The Bertz CT molecular complexity index is 624. The average molecular weight is 283 g/mol. The summed E-state index contributed by atoms with van der Waals surface area (Å²) in [6, 6.07) is 14.6. The number of carbonyl (C=O) groups is 2. The van der Waals surface area contributed by atoms with Crippen LogP contribution >= 0.6 is 0 Å². The zero-order valence-corrected chi connectivity index (χ0v) is 11.7. The minimum atomic E-state index is -0.174. The molecule has 0 atom stereocenters. The third-order valence-electron chi connectivity index (χ3n) is 3.05. The van der Waals surface area contributed by atoms with Crippen molar-refractivity contribution >= 4 is 23.7 Å². The second kappa shape index (κ2) is 7.09. The maximum Gasteiger partial charge on any atom is 0.255 e. The molecular weight excluding hydrogens is 266 g/mol. The van der Waals surface area contributed by atoms with Gasteiger partial charge in [-0.1, -0.05) is 24.3 Å². The van der Waals surface area contributed by atoms with Crippen LogP contribution in [0.25, 0.3) is 0 Å². The summed E-state index contributed by atoms with van der Waals surface area (Å²) in [5, 5.41) is 8.47. The summed E-state index contributed by atoms with van der Waals surface area (Å²) in [5.41, 5.74) is 3.10. The molecule has 2 amide bonds. The number of rotatable bonds is 6. The maximum atomic E-state index is 12.2. The molecule has 2 aromatic carbocycles. The molecule has 0 bridgehead atoms. The van der Waals surface area contributed by atoms with Gasteiger partial charge in [0.1, 0.15) is 0 Å². The molecule has 2 rings (SSSR count). The first-order chi connectivity index (χ1) is 10.2. The van der Waals surface area contributed by atoms with E-state index < -0.39 is 0 Å². The molecule has 0 saturated heterocycles. The summed E-state index contributed by atoms with van der Waals surface area (Å²) < 4.78 is 0. The zero-order chi connectivity index (χ0) is 15.1. The van der Waals surface area contributed by atoms with Gasteiger partial charge in [-0.05, 0) is 29.8 Å². The monoisotopic (exact) mass is 283 g/mol. The Labute approximate surface area is 123 Å². The Morgan fingerprint density at radius 2 is 1.71 bits per heavy atom. The fourth-order valence-corrected chi connectivity index (χ4v) is 1.94. The van der Waals surface area contributed by atoms with Crippen molar-refractivity contribution in [2.75, 3.05) is 17.7 Å². The van der Waals surface area contributed by atoms with Crippen molar-refractivity contribution in [3.8, 4) is 0 Å². The predicted octanol–water partition coefficient (Wildman–Crippen LogP) is 2.23. The molecule has 108 valence electrons. The summed E-state index contributed by atoms with van der Waals surface area (Å²) >= 11 is 0. The number of benzene rings is 2. The van der Waals surface area contributed by atoms with Gasteiger partial charge in [0, 0.05) is 19.2 Å². The molecule has 5 nitrogen and oxygen atoms in total. The molecule has 0 aliphatic rings. The minimum absolute atomic E-state index is 0.174. The molecule has 0 unspecified atom stereocenters. The van der Waals surface area contributed by atoms with Crippen LogP contribution in [-0.4, -0.2) is 19.4 Å². The Hall–Kier alpha value is -2.82. The van der Waals surface area contributed by atoms with Gasteiger partial charge in [-0.3, -0.25) is 9.59 Å². The fourth-order valence-electron chi connectivity index (χ4n) is 1.94. The molecule has 5 heteroatoms. The van der Waals surface area contributed by atoms with Crippen molar-refractivity contribution < 1.29 is 9.59 Å². The maximum absolute atomic E-state index is 12.2. The lowest BCUT2D eigenvalue weighted by Crippen LogP contribution is -2.14. The van der Waals surface area contributed by atoms with Crippen LogP contribution in [0.4, 0.5) is 11.4 Å². The van der Waals surface area contributed by atoms with Crippen LogP contribution in [0.15, 0.2) is 48.5 Å². The van der Waals surface area contributed by atoms with E-state index in [1.165, 1.54) is 0 Å². The van der Waals surface area contributed by atoms with Crippen molar-refractivity contribution in [2.45, 2.75) is 6.54 Å². The van der Waals surface area contributed by atoms with E-state index in [0.29, 0.717) is 18.5 Å². The van der Waals surface area contributed by atoms with Gasteiger partial charge in [0.05, 0.1) is 11.4 Å². The van der Waals surface area contributed by atoms with E-state index in [2.05, 4.69) is 16.0 Å². The van der Waals surface area contributed by atoms with Crippen molar-refractivity contribution in [3.63, 3.8) is 0 Å². The van der Waals surface area contributed by atoms with Crippen LogP contribution < -0.4 is 16.0 Å². The second-order valence-corrected chi connectivity index (χ2v) is 4.45. The summed E-state index contributed by atoms with van der Waals surface area (Å²) in [4.78, 5) is 22.4. The van der Waals surface area contributed by atoms with E-state index in [9.17, 15) is 9.59 Å². The number of hydrogen-bond donors (Lipinski definition) is 3. The standard InChI is InChI=1S/C16H17N3O2/c1-17-14-4-2-3-5-15(14)19-16(21)13-8-6-12(7-9-13)10-18-11-20/h2-9,11,17H,10H2,1H3,(H,18,20)(H,19,21). The summed E-state index contributed by atoms with van der Waals surface area (Å²) in [6.45, 7) is 0.452. The van der Waals surface area contributed by atoms with E-state index in [1.807, 2.05) is 36.4 Å². The highest BCUT2D eigenvalue weighted by Gasteiger charge is 2.08. The van der Waals surface area contributed by atoms with Crippen LogP contribution in [-0.2, 0) is 11.3 Å². The highest BCUT2D eigenvalue weighted by molar-refractivity contribution is 6.05. The molecular formula is C16H17N3O2. The first-order valence-corrected chi connectivity index (χ1v) is 6.58. The van der Waals surface area contributed by atoms with E-state index in [1.54, 1.807) is 19.2 Å². The first kappa shape index (κ1) is 14.6. The number of para-hydroxylation sites is 2. The lowest BCUT2D eigenvalue weighted by atomic mass is 10.1. The predicted molar refractivity (Wildman–Crippen MR) is 83.3 cm³/mol. The SMILES string of the molecule is CNc1ccccc1NC(=O)c1ccc(CNC=O)cc1. The topological polar surface area (TPSA) is 70.2 Å². The molecule has 3 N–H and O–H groups in total. The summed E-state index contributed by atoms with van der Waals surface area (Å²) in [6.07, 6.45) is 0.648. The fraction of sp³-hybridized carbons (Fsp3) is 0.125. The summed E-state index contributed by atoms with van der Waals surface area (Å²) in [5.74, 6) is -0.174. The van der Waals surface area contributed by atoms with Crippen LogP contribution in [0.3, 0.4) is 0 Å². The average Bonchev–Trinajstić information content (AvgIpc) is 2.54. The van der Waals surface area contributed by atoms with Crippen LogP contribution in [0.5, 0.6) is 0 Å². The van der Waals surface area contributed by atoms with Crippen LogP contribution in [0, 0.1) is 0 Å². The number of anilines is 2. The molecule has 0 heterocycles. The van der Waals surface area contributed by atoms with Crippen molar-refractivity contribution in [3.05, 3.63) is 59.7 Å². The van der Waals surface area contributed by atoms with Gasteiger partial charge in [-0.25, -0.2) is 0 Å². The third kappa shape index (κ3) is 3.82. The molecule has 0 radical (unpaired) electrons. The highest BCUT2D eigenvalue weighted by atomic mass is 16.1. The van der Waals surface area contributed by atoms with E-state index in [0.717, 1.165) is 16.9 Å². The highest BCUT2D eigenvalue weighted by Crippen LogP contribution is 2.20. The Kier molecular flexibility index (Phi) is 4.93. The lowest BCUT2D eigenvalue weighted by Gasteiger charge is -2.10. The molecule has 0 fully saturated rings. The summed E-state index contributed by atoms with van der Waals surface area (Å²) in [7, 11) is 1.81. The molecule has 0 aliphatic heterocycles. The molecule has 0 spiro atoms. The van der Waals surface area contributed by atoms with E-state index in [4.69, 9.17) is 0 Å². The number of amides is 2. The zero-order valence-electron chi connectivity index (χ0n) is 11.7. The Morgan fingerprint density at radius 1 is 1.05 bits per heavy atom. The Morgan fingerprint density at radius 3 is 2.33 bits per heavy atom. The molecule has 21 heavy (non-hydrogen) atoms. The quantitative estimate of drug-likeness (QED) is 0.712. The van der Waals surface area contributed by atoms with Gasteiger partial charge in [0.2, 0.25) is 6.41 Å². The van der Waals surface area contributed by atoms with Crippen molar-refractivity contribution in [2.24, 2.45) is 0 Å². The Balaban J connectivity index is 2.07. The van der Waals surface area contributed by atoms with E-state index >= 15 is 0 Å². The van der Waals surface area contributed by atoms with Gasteiger partial charge in [0.15, 0.2) is 0 Å². The molecule has 0 saturated carbocycles. The second-order valence-electron chi connectivity index (χ2n) is 4.45. The third-order valence-corrected chi connectivity index (χ3v) is 3.05. The van der Waals surface area contributed by atoms with Gasteiger partial charge >= 0.3 is 0 Å². The smallest absolute Gasteiger partial charge is 0.255 e. The normalized spacial score (nSPS) is 9.76. The van der Waals surface area contributed by atoms with Gasteiger partial charge in [-0.2, -0.15) is 0 Å². The van der Waals surface area contributed by atoms with Crippen LogP contribution in [0.2, 0.25) is 0 Å². The van der Waals surface area contributed by atoms with Crippen molar-refractivity contribution in [1.82, 2.24) is 5.32 Å². The van der Waals surface area contributed by atoms with Gasteiger partial charge in [0.25, 0.3) is 5.91 Å². The van der Waals surface area contributed by atoms with Crippen LogP contribution in [0.1, 0.15) is 15.9 Å². The van der Waals surface area contributed by atoms with E-state index in [-0.39, 0.29) is 5.91 Å². The number of hydrogen-bond acceptors (Lipinski definition) is 3. The first-order valence-electron chi connectivity index (χ1n) is 6.58. The number of carbonyl (C=O) groups excluding carboxylic acids is 2. The molecule has 2 aromatic rings. The largest absolute Gasteiger partial charge is 0.386 e. The minimum Gasteiger partial charge on any atom is -0.386 e. The molecule has 0 aromatic heterocycles. The van der Waals surface area contributed by atoms with Gasteiger partial charge in [-0.15, -0.1) is 0 Å². The number of nitrogens with one attached hydrogen (secondary N) is 3. The molecule has 0 aliphatic carbocycles. The van der Waals surface area contributed by atoms with Gasteiger partial charge < -0.3 is 16.0 Å². The van der Waals surface area contributed by atoms with Crippen molar-refractivity contribution in [1.29, 1.82) is 0 Å².